The highest BCUT2D eigenvalue weighted by molar-refractivity contribution is 7.09. The number of amides is 1. The summed E-state index contributed by atoms with van der Waals surface area (Å²) in [5, 5.41) is 13.8. The summed E-state index contributed by atoms with van der Waals surface area (Å²) in [6.07, 6.45) is 6.12. The van der Waals surface area contributed by atoms with Crippen LogP contribution in [0.1, 0.15) is 28.3 Å². The Morgan fingerprint density at radius 3 is 3.03 bits per heavy atom. The molecule has 3 aliphatic heterocycles. The normalized spacial score (nSPS) is 29.3. The minimum absolute atomic E-state index is 0.0222. The van der Waals surface area contributed by atoms with E-state index < -0.39 is 0 Å². The summed E-state index contributed by atoms with van der Waals surface area (Å²) in [5.74, 6) is 0.784. The van der Waals surface area contributed by atoms with Gasteiger partial charge in [-0.1, -0.05) is 11.6 Å². The van der Waals surface area contributed by atoms with E-state index in [-0.39, 0.29) is 24.1 Å². The number of nitrogens with one attached hydrogen (secondary N) is 1. The molecule has 8 nitrogen and oxygen atoms in total. The van der Waals surface area contributed by atoms with Crippen molar-refractivity contribution in [3.05, 3.63) is 39.6 Å². The number of fused-ring (bicyclic) bond motifs is 1. The maximum absolute atomic E-state index is 12.6. The second kappa shape index (κ2) is 8.66. The lowest BCUT2D eigenvalue weighted by Crippen LogP contribution is -2.42. The summed E-state index contributed by atoms with van der Waals surface area (Å²) < 4.78 is 8.24. The third kappa shape index (κ3) is 3.99. The van der Waals surface area contributed by atoms with Crippen molar-refractivity contribution in [1.29, 1.82) is 0 Å². The summed E-state index contributed by atoms with van der Waals surface area (Å²) in [7, 11) is 1.84. The van der Waals surface area contributed by atoms with E-state index in [1.54, 1.807) is 28.2 Å². The Bertz CT molecular complexity index is 905. The lowest BCUT2D eigenvalue weighted by Gasteiger charge is -2.29. The third-order valence-electron chi connectivity index (χ3n) is 6.40. The monoisotopic (exact) mass is 452 g/mol. The highest BCUT2D eigenvalue weighted by atomic mass is 35.5. The zero-order valence-electron chi connectivity index (χ0n) is 16.7. The van der Waals surface area contributed by atoms with Gasteiger partial charge in [0.25, 0.3) is 12.4 Å². The van der Waals surface area contributed by atoms with Crippen molar-refractivity contribution in [1.82, 2.24) is 19.8 Å². The van der Waals surface area contributed by atoms with Gasteiger partial charge in [0.15, 0.2) is 0 Å². The van der Waals surface area contributed by atoms with E-state index in [0.717, 1.165) is 37.5 Å². The molecule has 5 rings (SSSR count). The van der Waals surface area contributed by atoms with Crippen molar-refractivity contribution in [2.45, 2.75) is 31.1 Å². The van der Waals surface area contributed by atoms with E-state index in [1.165, 1.54) is 0 Å². The number of aromatic nitrogens is 2. The Labute approximate surface area is 183 Å². The first-order valence-electron chi connectivity index (χ1n) is 9.92. The zero-order chi connectivity index (χ0) is 21.3. The topological polar surface area (TPSA) is 96.7 Å². The van der Waals surface area contributed by atoms with Gasteiger partial charge in [-0.05, 0) is 18.9 Å². The van der Waals surface area contributed by atoms with Gasteiger partial charge in [-0.2, -0.15) is 0 Å². The van der Waals surface area contributed by atoms with E-state index in [0.29, 0.717) is 29.1 Å². The van der Waals surface area contributed by atoms with Crippen LogP contribution >= 0.6 is 22.9 Å². The van der Waals surface area contributed by atoms with Crippen LogP contribution in [-0.2, 0) is 23.1 Å². The highest BCUT2D eigenvalue weighted by Crippen LogP contribution is 2.54. The molecule has 2 N–H and O–H groups in total. The number of aryl methyl sites for hydroxylation is 1. The highest BCUT2D eigenvalue weighted by Gasteiger charge is 2.62. The molecule has 5 heterocycles. The van der Waals surface area contributed by atoms with Crippen LogP contribution < -0.4 is 5.32 Å². The number of nitrogens with zero attached hydrogens (tertiary/aromatic N) is 3. The number of hydrogen-bond donors (Lipinski definition) is 2. The molecule has 0 radical (unpaired) electrons. The first kappa shape index (κ1) is 21.3. The number of rotatable bonds is 5. The first-order chi connectivity index (χ1) is 14.5. The van der Waals surface area contributed by atoms with Crippen LogP contribution in [0.5, 0.6) is 0 Å². The Kier molecular flexibility index (Phi) is 6.15. The molecule has 162 valence electrons. The van der Waals surface area contributed by atoms with Crippen LogP contribution in [0.2, 0.25) is 5.02 Å². The van der Waals surface area contributed by atoms with E-state index in [2.05, 4.69) is 15.2 Å². The van der Waals surface area contributed by atoms with Gasteiger partial charge in [-0.15, -0.1) is 11.3 Å². The summed E-state index contributed by atoms with van der Waals surface area (Å²) >= 11 is 7.71. The first-order valence-corrected chi connectivity index (χ1v) is 11.2. The predicted octanol–water partition coefficient (Wildman–Crippen LogP) is 2.25. The van der Waals surface area contributed by atoms with Crippen LogP contribution in [0.15, 0.2) is 23.8 Å². The standard InChI is InChI=1S/C19H23ClN4O2S.CH2O2/c1-23-8-12(20)6-15(23)18(25)22-7-13-14-9-24(10-17-21-4-5-27-17)11-19(14)3-2-16(13)26-19;2-1-3/h4-6,8,13-14,16H,2-3,7,9-11H2,1H3,(H,22,25);1H,(H,2,3)/t13-,14+,16+,19+;/m0./s1. The van der Waals surface area contributed by atoms with E-state index in [4.69, 9.17) is 26.2 Å². The number of halogens is 1. The minimum atomic E-state index is -0.250. The Morgan fingerprint density at radius 1 is 1.57 bits per heavy atom. The smallest absolute Gasteiger partial charge is 0.290 e. The van der Waals surface area contributed by atoms with Crippen LogP contribution in [-0.4, -0.2) is 63.3 Å². The molecular formula is C20H25ClN4O4S. The molecule has 1 spiro atoms. The average molecular weight is 453 g/mol. The van der Waals surface area contributed by atoms with Gasteiger partial charge in [-0.3, -0.25) is 14.5 Å². The molecule has 3 aliphatic rings. The lowest BCUT2D eigenvalue weighted by molar-refractivity contribution is -0.122. The summed E-state index contributed by atoms with van der Waals surface area (Å²) in [4.78, 5) is 27.8. The molecular weight excluding hydrogens is 428 g/mol. The van der Waals surface area contributed by atoms with Crippen LogP contribution in [0.4, 0.5) is 0 Å². The van der Waals surface area contributed by atoms with E-state index >= 15 is 0 Å². The van der Waals surface area contributed by atoms with E-state index in [9.17, 15) is 4.79 Å². The van der Waals surface area contributed by atoms with Gasteiger partial charge in [-0.25, -0.2) is 4.98 Å². The number of ether oxygens (including phenoxy) is 1. The predicted molar refractivity (Wildman–Crippen MR) is 113 cm³/mol. The molecule has 30 heavy (non-hydrogen) atoms. The zero-order valence-corrected chi connectivity index (χ0v) is 18.2. The molecule has 3 fully saturated rings. The molecule has 0 aromatic carbocycles. The van der Waals surface area contributed by atoms with Crippen molar-refractivity contribution in [3.63, 3.8) is 0 Å². The van der Waals surface area contributed by atoms with Crippen molar-refractivity contribution in [3.8, 4) is 0 Å². The van der Waals surface area contributed by atoms with Crippen LogP contribution in [0.3, 0.4) is 0 Å². The Morgan fingerprint density at radius 2 is 2.37 bits per heavy atom. The van der Waals surface area contributed by atoms with Gasteiger partial charge >= 0.3 is 0 Å². The van der Waals surface area contributed by atoms with Crippen molar-refractivity contribution in [2.75, 3.05) is 19.6 Å². The molecule has 0 aliphatic carbocycles. The molecule has 1 amide bonds. The second-order valence-electron chi connectivity index (χ2n) is 8.10. The number of carboxylic acid groups (broad SMARTS) is 1. The minimum Gasteiger partial charge on any atom is -0.483 e. The largest absolute Gasteiger partial charge is 0.483 e. The van der Waals surface area contributed by atoms with Crippen molar-refractivity contribution >= 4 is 35.3 Å². The summed E-state index contributed by atoms with van der Waals surface area (Å²) in [5.41, 5.74) is 0.571. The summed E-state index contributed by atoms with van der Waals surface area (Å²) in [6.45, 7) is 3.30. The van der Waals surface area contributed by atoms with Gasteiger partial charge in [0.2, 0.25) is 0 Å². The third-order valence-corrected chi connectivity index (χ3v) is 7.37. The number of hydrogen-bond acceptors (Lipinski definition) is 6. The SMILES string of the molecule is Cn1cc(Cl)cc1C(=O)NC[C@H]1[C@H]2CN(Cc3nccs3)C[C@]23CC[C@H]1O3.O=CO. The molecule has 0 unspecified atom stereocenters. The van der Waals surface area contributed by atoms with Gasteiger partial charge in [0.05, 0.1) is 23.3 Å². The maximum Gasteiger partial charge on any atom is 0.290 e. The molecule has 2 bridgehead atoms. The van der Waals surface area contributed by atoms with E-state index in [1.807, 2.05) is 18.6 Å². The fourth-order valence-electron chi connectivity index (χ4n) is 5.25. The molecule has 2 aromatic rings. The fraction of sp³-hybridized carbons (Fsp3) is 0.550. The van der Waals surface area contributed by atoms with Crippen molar-refractivity contribution < 1.29 is 19.4 Å². The lowest BCUT2D eigenvalue weighted by atomic mass is 9.73. The maximum atomic E-state index is 12.6. The number of thiazole rings is 1. The van der Waals surface area contributed by atoms with Gasteiger partial charge < -0.3 is 19.7 Å². The van der Waals surface area contributed by atoms with Gasteiger partial charge in [0.1, 0.15) is 10.7 Å². The fourth-order valence-corrected chi connectivity index (χ4v) is 6.16. The number of likely N-dealkylation sites (tertiary alicyclic amines) is 1. The molecule has 10 heteroatoms. The average Bonchev–Trinajstić information content (AvgIpc) is 3.49. The second-order valence-corrected chi connectivity index (χ2v) is 9.51. The number of carbonyl (C=O) groups is 2. The number of carbonyl (C=O) groups excluding carboxylic acids is 1. The molecule has 4 atom stereocenters. The van der Waals surface area contributed by atoms with Crippen LogP contribution in [0.25, 0.3) is 0 Å². The van der Waals surface area contributed by atoms with Crippen LogP contribution in [0, 0.1) is 11.8 Å². The Hall–Kier alpha value is -1.94. The molecule has 2 aromatic heterocycles. The molecule has 3 saturated heterocycles. The summed E-state index contributed by atoms with van der Waals surface area (Å²) in [6, 6.07) is 1.71. The quantitative estimate of drug-likeness (QED) is 0.675. The van der Waals surface area contributed by atoms with Crippen molar-refractivity contribution in [2.24, 2.45) is 18.9 Å². The Balaban J connectivity index is 0.000000687. The van der Waals surface area contributed by atoms with Gasteiger partial charge in [0, 0.05) is 56.3 Å². The molecule has 0 saturated carbocycles.